The number of hydroxylamine groups is 1. The zero-order valence-electron chi connectivity index (χ0n) is 7.40. The third-order valence-electron chi connectivity index (χ3n) is 1.93. The number of carbonyl (C=O) groups excluding carboxylic acids is 1. The van der Waals surface area contributed by atoms with E-state index in [2.05, 4.69) is 0 Å². The van der Waals surface area contributed by atoms with E-state index in [1.807, 2.05) is 0 Å². The minimum absolute atomic E-state index is 0.133. The van der Waals surface area contributed by atoms with Gasteiger partial charge >= 0.3 is 0 Å². The molecule has 0 bridgehead atoms. The molecule has 0 fully saturated rings. The van der Waals surface area contributed by atoms with E-state index < -0.39 is 11.8 Å². The first-order valence-electron chi connectivity index (χ1n) is 4.08. The number of nitrogens with one attached hydrogen (secondary N) is 1. The molecule has 4 nitrogen and oxygen atoms in total. The maximum Gasteiger partial charge on any atom is 0.252 e. The summed E-state index contributed by atoms with van der Waals surface area (Å²) in [6, 6.07) is 6.75. The van der Waals surface area contributed by atoms with Crippen molar-refractivity contribution in [3.8, 4) is 0 Å². The maximum absolute atomic E-state index is 11.2. The number of rotatable bonds is 3. The second-order valence-corrected chi connectivity index (χ2v) is 3.25. The van der Waals surface area contributed by atoms with Crippen LogP contribution in [0.25, 0.3) is 0 Å². The van der Waals surface area contributed by atoms with E-state index in [1.165, 1.54) is 0 Å². The highest BCUT2D eigenvalue weighted by molar-refractivity contribution is 6.30. The van der Waals surface area contributed by atoms with Gasteiger partial charge in [0.2, 0.25) is 0 Å². The van der Waals surface area contributed by atoms with Crippen LogP contribution in [0.5, 0.6) is 0 Å². The lowest BCUT2D eigenvalue weighted by atomic mass is 9.99. The Bertz CT molecular complexity index is 313. The lowest BCUT2D eigenvalue weighted by molar-refractivity contribution is -0.130. The Kier molecular flexibility index (Phi) is 3.88. The molecule has 1 aromatic rings. The number of nitrogens with two attached hydrogens (primary N) is 1. The number of benzene rings is 1. The first-order chi connectivity index (χ1) is 6.69. The quantitative estimate of drug-likeness (QED) is 0.517. The van der Waals surface area contributed by atoms with Crippen molar-refractivity contribution in [2.75, 3.05) is 6.54 Å². The van der Waals surface area contributed by atoms with E-state index in [1.54, 1.807) is 29.7 Å². The molecule has 0 aliphatic rings. The Balaban J connectivity index is 2.89. The van der Waals surface area contributed by atoms with Crippen LogP contribution in [-0.4, -0.2) is 17.7 Å². The monoisotopic (exact) mass is 214 g/mol. The van der Waals surface area contributed by atoms with Crippen molar-refractivity contribution in [2.24, 2.45) is 5.73 Å². The van der Waals surface area contributed by atoms with Gasteiger partial charge < -0.3 is 5.73 Å². The lowest BCUT2D eigenvalue weighted by Gasteiger charge is -2.12. The predicted octanol–water partition coefficient (Wildman–Crippen LogP) is 0.888. The Morgan fingerprint density at radius 3 is 2.50 bits per heavy atom. The van der Waals surface area contributed by atoms with Crippen molar-refractivity contribution in [1.29, 1.82) is 0 Å². The molecule has 0 heterocycles. The van der Waals surface area contributed by atoms with Gasteiger partial charge in [-0.05, 0) is 17.7 Å². The summed E-state index contributed by atoms with van der Waals surface area (Å²) in [5.41, 5.74) is 7.72. The summed E-state index contributed by atoms with van der Waals surface area (Å²) >= 11 is 5.69. The Hall–Kier alpha value is -1.10. The SMILES string of the molecule is NCC(C(=O)NO)c1ccc(Cl)cc1. The highest BCUT2D eigenvalue weighted by Crippen LogP contribution is 2.17. The van der Waals surface area contributed by atoms with Crippen LogP contribution in [0.15, 0.2) is 24.3 Å². The third kappa shape index (κ3) is 2.45. The molecule has 0 radical (unpaired) electrons. The molecule has 1 rings (SSSR count). The van der Waals surface area contributed by atoms with Crippen LogP contribution < -0.4 is 11.2 Å². The molecule has 4 N–H and O–H groups in total. The van der Waals surface area contributed by atoms with Crippen LogP contribution in [0.2, 0.25) is 5.02 Å². The number of halogens is 1. The first kappa shape index (κ1) is 11.0. The van der Waals surface area contributed by atoms with Crippen LogP contribution in [0, 0.1) is 0 Å². The third-order valence-corrected chi connectivity index (χ3v) is 2.19. The van der Waals surface area contributed by atoms with Gasteiger partial charge in [0.25, 0.3) is 5.91 Å². The van der Waals surface area contributed by atoms with E-state index in [9.17, 15) is 4.79 Å². The van der Waals surface area contributed by atoms with Gasteiger partial charge in [0, 0.05) is 11.6 Å². The summed E-state index contributed by atoms with van der Waals surface area (Å²) in [6.07, 6.45) is 0. The Labute approximate surface area is 86.6 Å². The molecule has 1 amide bonds. The molecule has 0 saturated carbocycles. The number of carbonyl (C=O) groups is 1. The highest BCUT2D eigenvalue weighted by Gasteiger charge is 2.17. The second kappa shape index (κ2) is 4.95. The molecule has 1 unspecified atom stereocenters. The molecule has 76 valence electrons. The van der Waals surface area contributed by atoms with Crippen LogP contribution in [0.4, 0.5) is 0 Å². The topological polar surface area (TPSA) is 75.4 Å². The minimum Gasteiger partial charge on any atom is -0.329 e. The fourth-order valence-corrected chi connectivity index (χ4v) is 1.29. The summed E-state index contributed by atoms with van der Waals surface area (Å²) < 4.78 is 0. The van der Waals surface area contributed by atoms with E-state index in [4.69, 9.17) is 22.5 Å². The molecular formula is C9H11ClN2O2. The summed E-state index contributed by atoms with van der Waals surface area (Å²) in [7, 11) is 0. The standard InChI is InChI=1S/C9H11ClN2O2/c10-7-3-1-6(2-4-7)8(5-11)9(13)12-14/h1-4,8,14H,5,11H2,(H,12,13). The van der Waals surface area contributed by atoms with E-state index >= 15 is 0 Å². The Morgan fingerprint density at radius 1 is 1.50 bits per heavy atom. The van der Waals surface area contributed by atoms with Crippen LogP contribution in [-0.2, 0) is 4.79 Å². The Morgan fingerprint density at radius 2 is 2.07 bits per heavy atom. The smallest absolute Gasteiger partial charge is 0.252 e. The number of hydrogen-bond acceptors (Lipinski definition) is 3. The molecule has 0 aliphatic carbocycles. The average Bonchev–Trinajstić information content (AvgIpc) is 2.21. The van der Waals surface area contributed by atoms with Crippen molar-refractivity contribution in [3.63, 3.8) is 0 Å². The van der Waals surface area contributed by atoms with Gasteiger partial charge in [-0.1, -0.05) is 23.7 Å². The van der Waals surface area contributed by atoms with Gasteiger partial charge in [0.05, 0.1) is 5.92 Å². The zero-order valence-corrected chi connectivity index (χ0v) is 8.16. The zero-order chi connectivity index (χ0) is 10.6. The first-order valence-corrected chi connectivity index (χ1v) is 4.46. The molecule has 1 atom stereocenters. The molecule has 0 aromatic heterocycles. The lowest BCUT2D eigenvalue weighted by Crippen LogP contribution is -2.31. The molecule has 1 aromatic carbocycles. The fraction of sp³-hybridized carbons (Fsp3) is 0.222. The predicted molar refractivity (Wildman–Crippen MR) is 53.2 cm³/mol. The fourth-order valence-electron chi connectivity index (χ4n) is 1.17. The normalized spacial score (nSPS) is 12.2. The minimum atomic E-state index is -0.544. The summed E-state index contributed by atoms with van der Waals surface area (Å²) in [6.45, 7) is 0.133. The molecular weight excluding hydrogens is 204 g/mol. The van der Waals surface area contributed by atoms with Crippen molar-refractivity contribution in [2.45, 2.75) is 5.92 Å². The van der Waals surface area contributed by atoms with Gasteiger partial charge in [-0.15, -0.1) is 0 Å². The number of amides is 1. The van der Waals surface area contributed by atoms with Crippen LogP contribution in [0.1, 0.15) is 11.5 Å². The van der Waals surface area contributed by atoms with Gasteiger partial charge in [-0.25, -0.2) is 5.48 Å². The van der Waals surface area contributed by atoms with Crippen molar-refractivity contribution in [1.82, 2.24) is 5.48 Å². The van der Waals surface area contributed by atoms with E-state index in [-0.39, 0.29) is 6.54 Å². The second-order valence-electron chi connectivity index (χ2n) is 2.82. The maximum atomic E-state index is 11.2. The van der Waals surface area contributed by atoms with Crippen LogP contribution >= 0.6 is 11.6 Å². The number of hydrogen-bond donors (Lipinski definition) is 3. The van der Waals surface area contributed by atoms with E-state index in [0.717, 1.165) is 5.56 Å². The largest absolute Gasteiger partial charge is 0.329 e. The van der Waals surface area contributed by atoms with Crippen molar-refractivity contribution >= 4 is 17.5 Å². The summed E-state index contributed by atoms with van der Waals surface area (Å²) in [5.74, 6) is -1.06. The molecule has 0 saturated heterocycles. The van der Waals surface area contributed by atoms with Gasteiger partial charge in [0.15, 0.2) is 0 Å². The molecule has 0 aliphatic heterocycles. The summed E-state index contributed by atoms with van der Waals surface area (Å²) in [5, 5.41) is 9.06. The molecule has 14 heavy (non-hydrogen) atoms. The molecule has 5 heteroatoms. The van der Waals surface area contributed by atoms with Gasteiger partial charge in [0.1, 0.15) is 0 Å². The average molecular weight is 215 g/mol. The van der Waals surface area contributed by atoms with Crippen LogP contribution in [0.3, 0.4) is 0 Å². The van der Waals surface area contributed by atoms with E-state index in [0.29, 0.717) is 5.02 Å². The van der Waals surface area contributed by atoms with Crippen molar-refractivity contribution in [3.05, 3.63) is 34.9 Å². The van der Waals surface area contributed by atoms with Gasteiger partial charge in [-0.3, -0.25) is 10.0 Å². The van der Waals surface area contributed by atoms with Gasteiger partial charge in [-0.2, -0.15) is 0 Å². The highest BCUT2D eigenvalue weighted by atomic mass is 35.5. The molecule has 0 spiro atoms. The van der Waals surface area contributed by atoms with Crippen molar-refractivity contribution < 1.29 is 10.0 Å². The summed E-state index contributed by atoms with van der Waals surface area (Å²) in [4.78, 5) is 11.2.